The molecule has 0 saturated heterocycles. The average molecular weight is 393 g/mol. The van der Waals surface area contributed by atoms with Gasteiger partial charge in [0, 0.05) is 28.6 Å². The van der Waals surface area contributed by atoms with E-state index in [-0.39, 0.29) is 23.0 Å². The molecule has 0 aliphatic heterocycles. The van der Waals surface area contributed by atoms with Gasteiger partial charge in [-0.05, 0) is 24.3 Å². The van der Waals surface area contributed by atoms with E-state index < -0.39 is 18.4 Å². The van der Waals surface area contributed by atoms with Crippen molar-refractivity contribution < 1.29 is 23.5 Å². The highest BCUT2D eigenvalue weighted by molar-refractivity contribution is 6.36. The van der Waals surface area contributed by atoms with E-state index in [1.165, 1.54) is 19.2 Å². The maximum atomic E-state index is 12.4. The van der Waals surface area contributed by atoms with Crippen LogP contribution in [0.15, 0.2) is 46.9 Å². The number of hydrogen-bond donors (Lipinski definition) is 0. The third-order valence-corrected chi connectivity index (χ3v) is 4.29. The fourth-order valence-corrected chi connectivity index (χ4v) is 3.06. The van der Waals surface area contributed by atoms with Crippen LogP contribution in [0, 0.1) is 0 Å². The summed E-state index contributed by atoms with van der Waals surface area (Å²) in [7, 11) is 1.52. The molecular weight excluding hydrogens is 379 g/mol. The molecule has 0 aliphatic rings. The summed E-state index contributed by atoms with van der Waals surface area (Å²) < 4.78 is 15.8. The Morgan fingerprint density at radius 1 is 1.12 bits per heavy atom. The molecule has 0 N–H and O–H groups in total. The molecule has 0 unspecified atom stereocenters. The van der Waals surface area contributed by atoms with Gasteiger partial charge < -0.3 is 13.9 Å². The second-order valence-electron chi connectivity index (χ2n) is 5.46. The van der Waals surface area contributed by atoms with Gasteiger partial charge in [0.25, 0.3) is 0 Å². The van der Waals surface area contributed by atoms with Crippen LogP contribution in [0.2, 0.25) is 10.0 Å². The fraction of sp³-hybridized carbons (Fsp3) is 0.158. The van der Waals surface area contributed by atoms with E-state index in [0.717, 1.165) is 5.39 Å². The number of esters is 1. The first kappa shape index (κ1) is 18.5. The molecule has 1 heterocycles. The number of ketones is 1. The Balaban J connectivity index is 1.79. The lowest BCUT2D eigenvalue weighted by Crippen LogP contribution is -2.15. The van der Waals surface area contributed by atoms with Crippen molar-refractivity contribution in [1.82, 2.24) is 0 Å². The number of hydrogen-bond acceptors (Lipinski definition) is 5. The highest BCUT2D eigenvalue weighted by Crippen LogP contribution is 2.27. The van der Waals surface area contributed by atoms with Gasteiger partial charge in [-0.15, -0.1) is 0 Å². The summed E-state index contributed by atoms with van der Waals surface area (Å²) in [5.74, 6) is -1.17. The molecule has 0 bridgehead atoms. The van der Waals surface area contributed by atoms with Crippen molar-refractivity contribution in [3.8, 4) is 0 Å². The highest BCUT2D eigenvalue weighted by Gasteiger charge is 2.23. The summed E-state index contributed by atoms with van der Waals surface area (Å²) in [5, 5.41) is 1.37. The smallest absolute Gasteiger partial charge is 0.375 e. The van der Waals surface area contributed by atoms with E-state index in [9.17, 15) is 9.59 Å². The summed E-state index contributed by atoms with van der Waals surface area (Å²) in [4.78, 5) is 24.6. The number of carbonyl (C=O) groups excluding carboxylic acids is 2. The second-order valence-corrected chi connectivity index (χ2v) is 6.31. The number of Topliss-reactive ketones (excluding diaryl/α,β-unsaturated/α-hetero) is 1. The summed E-state index contributed by atoms with van der Waals surface area (Å²) in [6.07, 6.45) is 0. The molecule has 0 aliphatic carbocycles. The first-order valence-corrected chi connectivity index (χ1v) is 8.41. The summed E-state index contributed by atoms with van der Waals surface area (Å²) >= 11 is 11.8. The van der Waals surface area contributed by atoms with Crippen molar-refractivity contribution in [2.45, 2.75) is 6.61 Å². The van der Waals surface area contributed by atoms with Crippen LogP contribution in [0.1, 0.15) is 26.5 Å². The molecule has 0 fully saturated rings. The van der Waals surface area contributed by atoms with Crippen molar-refractivity contribution in [1.29, 1.82) is 0 Å². The monoisotopic (exact) mass is 392 g/mol. The maximum absolute atomic E-state index is 12.4. The summed E-state index contributed by atoms with van der Waals surface area (Å²) in [5.41, 5.74) is 1.34. The molecule has 3 rings (SSSR count). The summed E-state index contributed by atoms with van der Waals surface area (Å²) in [6, 6.07) is 11.7. The number of carbonyl (C=O) groups is 2. The van der Waals surface area contributed by atoms with Gasteiger partial charge in [-0.3, -0.25) is 4.79 Å². The zero-order valence-corrected chi connectivity index (χ0v) is 15.3. The van der Waals surface area contributed by atoms with Gasteiger partial charge in [0.2, 0.25) is 11.5 Å². The maximum Gasteiger partial charge on any atom is 0.375 e. The second kappa shape index (κ2) is 7.91. The molecular formula is C19H14Cl2O5. The molecule has 26 heavy (non-hydrogen) atoms. The number of furan rings is 1. The van der Waals surface area contributed by atoms with Crippen molar-refractivity contribution in [2.24, 2.45) is 0 Å². The molecule has 3 aromatic rings. The number of ether oxygens (including phenoxy) is 2. The van der Waals surface area contributed by atoms with Gasteiger partial charge in [-0.25, -0.2) is 4.79 Å². The Kier molecular flexibility index (Phi) is 5.61. The molecule has 7 heteroatoms. The van der Waals surface area contributed by atoms with E-state index in [4.69, 9.17) is 37.1 Å². The fourth-order valence-electron chi connectivity index (χ4n) is 2.54. The molecule has 0 spiro atoms. The minimum absolute atomic E-state index is 0.0167. The lowest BCUT2D eigenvalue weighted by molar-refractivity contribution is 0.0441. The Morgan fingerprint density at radius 2 is 1.88 bits per heavy atom. The van der Waals surface area contributed by atoms with Gasteiger partial charge in [0.1, 0.15) is 5.58 Å². The minimum atomic E-state index is -0.744. The summed E-state index contributed by atoms with van der Waals surface area (Å²) in [6.45, 7) is -0.290. The molecule has 0 atom stereocenters. The topological polar surface area (TPSA) is 65.7 Å². The Morgan fingerprint density at radius 3 is 2.62 bits per heavy atom. The average Bonchev–Trinajstić information content (AvgIpc) is 2.99. The van der Waals surface area contributed by atoms with E-state index >= 15 is 0 Å². The van der Waals surface area contributed by atoms with Crippen LogP contribution >= 0.6 is 23.2 Å². The zero-order valence-electron chi connectivity index (χ0n) is 13.8. The number of halogens is 2. The lowest BCUT2D eigenvalue weighted by Gasteiger charge is -2.06. The first-order valence-electron chi connectivity index (χ1n) is 7.66. The van der Waals surface area contributed by atoms with Crippen LogP contribution < -0.4 is 0 Å². The first-order chi connectivity index (χ1) is 12.5. The number of rotatable bonds is 6. The largest absolute Gasteiger partial charge is 0.451 e. The van der Waals surface area contributed by atoms with Crippen LogP contribution in [0.4, 0.5) is 0 Å². The third kappa shape index (κ3) is 3.75. The van der Waals surface area contributed by atoms with Crippen molar-refractivity contribution in [2.75, 3.05) is 13.7 Å². The van der Waals surface area contributed by atoms with E-state index in [1.54, 1.807) is 18.2 Å². The molecule has 5 nitrogen and oxygen atoms in total. The number of methoxy groups -OCH3 is 1. The van der Waals surface area contributed by atoms with Gasteiger partial charge in [-0.1, -0.05) is 41.4 Å². The predicted octanol–water partition coefficient (Wildman–Crippen LogP) is 4.93. The van der Waals surface area contributed by atoms with Crippen molar-refractivity contribution in [3.63, 3.8) is 0 Å². The minimum Gasteiger partial charge on any atom is -0.451 e. The molecule has 0 amide bonds. The van der Waals surface area contributed by atoms with Crippen LogP contribution in [0.3, 0.4) is 0 Å². The van der Waals surface area contributed by atoms with Gasteiger partial charge in [-0.2, -0.15) is 0 Å². The normalized spacial score (nSPS) is 10.9. The lowest BCUT2D eigenvalue weighted by atomic mass is 10.1. The Labute approximate surface area is 159 Å². The number of benzene rings is 2. The molecule has 0 saturated carbocycles. The predicted molar refractivity (Wildman–Crippen MR) is 98.0 cm³/mol. The van der Waals surface area contributed by atoms with Crippen LogP contribution in [-0.2, 0) is 16.1 Å². The van der Waals surface area contributed by atoms with Crippen molar-refractivity contribution >= 4 is 45.9 Å². The van der Waals surface area contributed by atoms with Gasteiger partial charge >= 0.3 is 5.97 Å². The van der Waals surface area contributed by atoms with E-state index in [0.29, 0.717) is 16.2 Å². The quantitative estimate of drug-likeness (QED) is 0.439. The molecule has 1 aromatic heterocycles. The van der Waals surface area contributed by atoms with Crippen LogP contribution in [-0.4, -0.2) is 25.5 Å². The van der Waals surface area contributed by atoms with Crippen LogP contribution in [0.25, 0.3) is 11.0 Å². The zero-order chi connectivity index (χ0) is 18.7. The molecule has 0 radical (unpaired) electrons. The van der Waals surface area contributed by atoms with Crippen LogP contribution in [0.5, 0.6) is 0 Å². The number of para-hydroxylation sites is 1. The Hall–Kier alpha value is -2.34. The number of fused-ring (bicyclic) bond motifs is 1. The standard InChI is InChI=1S/C19H14Cl2O5/c1-24-9-14-12-4-2-3-5-17(12)26-18(14)19(23)25-10-16(22)13-7-6-11(20)8-15(13)21/h2-8H,9-10H2,1H3. The molecule has 134 valence electrons. The van der Waals surface area contributed by atoms with Crippen molar-refractivity contribution in [3.05, 3.63) is 69.4 Å². The van der Waals surface area contributed by atoms with E-state index in [1.807, 2.05) is 12.1 Å². The Bertz CT molecular complexity index is 977. The van der Waals surface area contributed by atoms with Gasteiger partial charge in [0.05, 0.1) is 11.6 Å². The highest BCUT2D eigenvalue weighted by atomic mass is 35.5. The van der Waals surface area contributed by atoms with E-state index in [2.05, 4.69) is 0 Å². The molecule has 2 aromatic carbocycles. The SMILES string of the molecule is COCc1c(C(=O)OCC(=O)c2ccc(Cl)cc2Cl)oc2ccccc12. The third-order valence-electron chi connectivity index (χ3n) is 3.74. The van der Waals surface area contributed by atoms with Gasteiger partial charge in [0.15, 0.2) is 6.61 Å².